The van der Waals surface area contributed by atoms with Crippen LogP contribution in [0.4, 0.5) is 0 Å². The van der Waals surface area contributed by atoms with E-state index in [1.165, 1.54) is 0 Å². The van der Waals surface area contributed by atoms with Gasteiger partial charge in [0.15, 0.2) is 0 Å². The lowest BCUT2D eigenvalue weighted by Crippen LogP contribution is -2.28. The molecule has 0 spiro atoms. The summed E-state index contributed by atoms with van der Waals surface area (Å²) in [7, 11) is 0. The number of rotatable bonds is 5. The number of nitrogens with zero attached hydrogens (tertiary/aromatic N) is 1. The highest BCUT2D eigenvalue weighted by atomic mass is 35.5. The molecule has 2 rings (SSSR count). The van der Waals surface area contributed by atoms with Crippen molar-refractivity contribution in [3.05, 3.63) is 59.4 Å². The van der Waals surface area contributed by atoms with Gasteiger partial charge in [-0.1, -0.05) is 23.7 Å². The summed E-state index contributed by atoms with van der Waals surface area (Å²) >= 11 is 5.94. The minimum Gasteiger partial charge on any atom is -0.490 e. The van der Waals surface area contributed by atoms with Gasteiger partial charge in [0.05, 0.1) is 11.6 Å². The Labute approximate surface area is 116 Å². The Balaban J connectivity index is 1.76. The average molecular weight is 277 g/mol. The van der Waals surface area contributed by atoms with Crippen molar-refractivity contribution in [3.63, 3.8) is 0 Å². The van der Waals surface area contributed by atoms with Crippen LogP contribution in [0.15, 0.2) is 48.8 Å². The third-order valence-corrected chi connectivity index (χ3v) is 2.74. The van der Waals surface area contributed by atoms with Crippen molar-refractivity contribution in [2.75, 3.05) is 13.2 Å². The summed E-state index contributed by atoms with van der Waals surface area (Å²) in [5, 5.41) is 3.31. The molecule has 19 heavy (non-hydrogen) atoms. The second-order valence-corrected chi connectivity index (χ2v) is 4.18. The van der Waals surface area contributed by atoms with Crippen LogP contribution in [-0.2, 0) is 0 Å². The fourth-order valence-corrected chi connectivity index (χ4v) is 1.68. The van der Waals surface area contributed by atoms with Crippen LogP contribution >= 0.6 is 11.6 Å². The van der Waals surface area contributed by atoms with E-state index in [0.717, 1.165) is 0 Å². The Bertz CT molecular complexity index is 546. The van der Waals surface area contributed by atoms with Gasteiger partial charge in [-0.2, -0.15) is 0 Å². The predicted octanol–water partition coefficient (Wildman–Crippen LogP) is 2.54. The number of aromatic nitrogens is 1. The molecule has 98 valence electrons. The first-order valence-corrected chi connectivity index (χ1v) is 6.21. The number of hydrogen-bond acceptors (Lipinski definition) is 3. The molecule has 5 heteroatoms. The maximum absolute atomic E-state index is 11.7. The highest BCUT2D eigenvalue weighted by molar-refractivity contribution is 6.32. The molecule has 0 aliphatic rings. The molecule has 1 heterocycles. The van der Waals surface area contributed by atoms with Gasteiger partial charge in [0.2, 0.25) is 0 Å². The molecule has 2 aromatic rings. The van der Waals surface area contributed by atoms with E-state index in [-0.39, 0.29) is 5.91 Å². The molecule has 0 aliphatic heterocycles. The molecule has 0 unspecified atom stereocenters. The first kappa shape index (κ1) is 13.4. The number of carbonyl (C=O) groups is 1. The van der Waals surface area contributed by atoms with Crippen LogP contribution in [0.25, 0.3) is 0 Å². The van der Waals surface area contributed by atoms with Crippen molar-refractivity contribution in [2.45, 2.75) is 0 Å². The molecule has 1 N–H and O–H groups in total. The molecule has 1 aromatic carbocycles. The van der Waals surface area contributed by atoms with Gasteiger partial charge in [-0.3, -0.25) is 9.78 Å². The SMILES string of the molecule is O=C(NCCOc1ccccc1Cl)c1ccncc1. The van der Waals surface area contributed by atoms with E-state index in [9.17, 15) is 4.79 Å². The number of ether oxygens (including phenoxy) is 1. The van der Waals surface area contributed by atoms with Gasteiger partial charge < -0.3 is 10.1 Å². The second kappa shape index (κ2) is 6.75. The van der Waals surface area contributed by atoms with Gasteiger partial charge in [0.1, 0.15) is 12.4 Å². The molecular formula is C14H13ClN2O2. The molecule has 4 nitrogen and oxygen atoms in total. The Morgan fingerprint density at radius 3 is 2.68 bits per heavy atom. The maximum atomic E-state index is 11.7. The lowest BCUT2D eigenvalue weighted by molar-refractivity contribution is 0.0947. The van der Waals surface area contributed by atoms with E-state index in [0.29, 0.717) is 29.5 Å². The van der Waals surface area contributed by atoms with Gasteiger partial charge >= 0.3 is 0 Å². The normalized spacial score (nSPS) is 9.95. The first-order chi connectivity index (χ1) is 9.27. The minimum absolute atomic E-state index is 0.148. The monoisotopic (exact) mass is 276 g/mol. The minimum atomic E-state index is -0.148. The van der Waals surface area contributed by atoms with Crippen LogP contribution in [0, 0.1) is 0 Å². The van der Waals surface area contributed by atoms with Crippen molar-refractivity contribution >= 4 is 17.5 Å². The number of nitrogens with one attached hydrogen (secondary N) is 1. The van der Waals surface area contributed by atoms with Crippen LogP contribution in [0.1, 0.15) is 10.4 Å². The number of hydrogen-bond donors (Lipinski definition) is 1. The van der Waals surface area contributed by atoms with Gasteiger partial charge in [-0.15, -0.1) is 0 Å². The lowest BCUT2D eigenvalue weighted by atomic mass is 10.2. The fourth-order valence-electron chi connectivity index (χ4n) is 1.49. The zero-order valence-corrected chi connectivity index (χ0v) is 10.9. The number of amides is 1. The predicted molar refractivity (Wildman–Crippen MR) is 73.5 cm³/mol. The molecule has 1 amide bonds. The molecule has 1 aromatic heterocycles. The van der Waals surface area contributed by atoms with Crippen molar-refractivity contribution in [2.24, 2.45) is 0 Å². The van der Waals surface area contributed by atoms with E-state index in [1.807, 2.05) is 12.1 Å². The van der Waals surface area contributed by atoms with Crippen LogP contribution in [0.3, 0.4) is 0 Å². The Kier molecular flexibility index (Phi) is 4.75. The zero-order valence-electron chi connectivity index (χ0n) is 10.2. The summed E-state index contributed by atoms with van der Waals surface area (Å²) in [6, 6.07) is 10.5. The van der Waals surface area contributed by atoms with E-state index < -0.39 is 0 Å². The molecule has 0 fully saturated rings. The quantitative estimate of drug-likeness (QED) is 0.854. The van der Waals surface area contributed by atoms with Crippen molar-refractivity contribution < 1.29 is 9.53 Å². The Hall–Kier alpha value is -2.07. The molecule has 0 radical (unpaired) electrons. The third kappa shape index (κ3) is 3.96. The van der Waals surface area contributed by atoms with Gasteiger partial charge in [0.25, 0.3) is 5.91 Å². The average Bonchev–Trinajstić information content (AvgIpc) is 2.46. The van der Waals surface area contributed by atoms with Crippen molar-refractivity contribution in [3.8, 4) is 5.75 Å². The number of carbonyl (C=O) groups excluding carboxylic acids is 1. The second-order valence-electron chi connectivity index (χ2n) is 3.77. The number of pyridine rings is 1. The maximum Gasteiger partial charge on any atom is 0.251 e. The van der Waals surface area contributed by atoms with E-state index in [2.05, 4.69) is 10.3 Å². The summed E-state index contributed by atoms with van der Waals surface area (Å²) in [4.78, 5) is 15.6. The summed E-state index contributed by atoms with van der Waals surface area (Å²) in [6.45, 7) is 0.771. The highest BCUT2D eigenvalue weighted by Crippen LogP contribution is 2.22. The number of para-hydroxylation sites is 1. The number of benzene rings is 1. The van der Waals surface area contributed by atoms with Crippen molar-refractivity contribution in [1.29, 1.82) is 0 Å². The van der Waals surface area contributed by atoms with Gasteiger partial charge in [-0.05, 0) is 24.3 Å². The largest absolute Gasteiger partial charge is 0.490 e. The summed E-state index contributed by atoms with van der Waals surface area (Å²) in [5.41, 5.74) is 0.577. The van der Waals surface area contributed by atoms with Gasteiger partial charge in [-0.25, -0.2) is 0 Å². The molecule has 0 bridgehead atoms. The molecular weight excluding hydrogens is 264 g/mol. The summed E-state index contributed by atoms with van der Waals surface area (Å²) < 4.78 is 5.46. The Morgan fingerprint density at radius 1 is 1.21 bits per heavy atom. The van der Waals surface area contributed by atoms with E-state index in [4.69, 9.17) is 16.3 Å². The van der Waals surface area contributed by atoms with Crippen LogP contribution < -0.4 is 10.1 Å². The van der Waals surface area contributed by atoms with Gasteiger partial charge in [0, 0.05) is 18.0 Å². The topological polar surface area (TPSA) is 51.2 Å². The van der Waals surface area contributed by atoms with E-state index >= 15 is 0 Å². The third-order valence-electron chi connectivity index (χ3n) is 2.42. The standard InChI is InChI=1S/C14H13ClN2O2/c15-12-3-1-2-4-13(12)19-10-9-17-14(18)11-5-7-16-8-6-11/h1-8H,9-10H2,(H,17,18). The zero-order chi connectivity index (χ0) is 13.5. The lowest BCUT2D eigenvalue weighted by Gasteiger charge is -2.08. The van der Waals surface area contributed by atoms with E-state index in [1.54, 1.807) is 36.7 Å². The van der Waals surface area contributed by atoms with Crippen LogP contribution in [0.5, 0.6) is 5.75 Å². The summed E-state index contributed by atoms with van der Waals surface area (Å²) in [6.07, 6.45) is 3.16. The molecule has 0 atom stereocenters. The smallest absolute Gasteiger partial charge is 0.251 e. The Morgan fingerprint density at radius 2 is 1.95 bits per heavy atom. The molecule has 0 saturated carbocycles. The van der Waals surface area contributed by atoms with Crippen LogP contribution in [-0.4, -0.2) is 24.0 Å². The molecule has 0 aliphatic carbocycles. The number of halogens is 1. The summed E-state index contributed by atoms with van der Waals surface area (Å²) in [5.74, 6) is 0.465. The van der Waals surface area contributed by atoms with Crippen molar-refractivity contribution in [1.82, 2.24) is 10.3 Å². The fraction of sp³-hybridized carbons (Fsp3) is 0.143. The van der Waals surface area contributed by atoms with Crippen LogP contribution in [0.2, 0.25) is 5.02 Å². The molecule has 0 saturated heterocycles. The first-order valence-electron chi connectivity index (χ1n) is 5.83. The highest BCUT2D eigenvalue weighted by Gasteiger charge is 2.04.